The predicted molar refractivity (Wildman–Crippen MR) is 79.5 cm³/mol. The second-order valence-electron chi connectivity index (χ2n) is 3.54. The summed E-state index contributed by atoms with van der Waals surface area (Å²) in [6, 6.07) is 3.71. The number of anilines is 1. The van der Waals surface area contributed by atoms with Crippen LogP contribution in [0.4, 0.5) is 5.82 Å². The van der Waals surface area contributed by atoms with E-state index >= 15 is 0 Å². The van der Waals surface area contributed by atoms with Gasteiger partial charge in [-0.1, -0.05) is 19.9 Å². The highest BCUT2D eigenvalue weighted by molar-refractivity contribution is 5.72. The third kappa shape index (κ3) is 6.41. The molecule has 104 valence electrons. The Hall–Kier alpha value is -2.10. The second-order valence-corrected chi connectivity index (χ2v) is 3.54. The summed E-state index contributed by atoms with van der Waals surface area (Å²) in [6.45, 7) is 5.75. The highest BCUT2D eigenvalue weighted by Gasteiger charge is 1.98. The fourth-order valence-electron chi connectivity index (χ4n) is 1.14. The molecule has 0 aromatic carbocycles. The Morgan fingerprint density at radius 1 is 1.37 bits per heavy atom. The van der Waals surface area contributed by atoms with Crippen molar-refractivity contribution in [2.75, 3.05) is 19.1 Å². The number of allylic oxidation sites excluding steroid dienone is 3. The van der Waals surface area contributed by atoms with E-state index in [4.69, 9.17) is 4.74 Å². The number of pyridine rings is 1. The molecule has 1 aromatic rings. The SMILES string of the molecule is CC.COc1ccc(N(C)/C=C\C=C(\C)C=O)nc1. The molecule has 0 N–H and O–H groups in total. The van der Waals surface area contributed by atoms with Gasteiger partial charge >= 0.3 is 0 Å². The van der Waals surface area contributed by atoms with Crippen LogP contribution in [0.2, 0.25) is 0 Å². The van der Waals surface area contributed by atoms with Gasteiger partial charge in [0.2, 0.25) is 0 Å². The molecule has 0 aliphatic rings. The first kappa shape index (κ1) is 16.9. The summed E-state index contributed by atoms with van der Waals surface area (Å²) in [5.74, 6) is 1.53. The van der Waals surface area contributed by atoms with Crippen LogP contribution in [0.1, 0.15) is 20.8 Å². The standard InChI is InChI=1S/C13H16N2O2.C2H6/c1-11(10-16)5-4-8-15(2)13-7-6-12(17-3)9-14-13;1-2/h4-10H,1-3H3;1-2H3/b8-4-,11-5-;. The van der Waals surface area contributed by atoms with Crippen molar-refractivity contribution in [1.29, 1.82) is 0 Å². The average molecular weight is 262 g/mol. The van der Waals surface area contributed by atoms with E-state index in [1.54, 1.807) is 32.4 Å². The van der Waals surface area contributed by atoms with Crippen molar-refractivity contribution >= 4 is 12.1 Å². The van der Waals surface area contributed by atoms with Crippen molar-refractivity contribution in [3.05, 3.63) is 42.3 Å². The molecule has 1 rings (SSSR count). The number of hydrogen-bond donors (Lipinski definition) is 0. The molecule has 0 fully saturated rings. The van der Waals surface area contributed by atoms with Crippen LogP contribution in [0.15, 0.2) is 42.3 Å². The minimum Gasteiger partial charge on any atom is -0.495 e. The summed E-state index contributed by atoms with van der Waals surface area (Å²) in [6.07, 6.45) is 7.85. The third-order valence-electron chi connectivity index (χ3n) is 2.17. The van der Waals surface area contributed by atoms with E-state index in [0.717, 1.165) is 17.9 Å². The number of carbonyl (C=O) groups excluding carboxylic acids is 1. The van der Waals surface area contributed by atoms with E-state index in [9.17, 15) is 4.79 Å². The normalized spacial score (nSPS) is 10.7. The van der Waals surface area contributed by atoms with Crippen LogP contribution in [-0.2, 0) is 4.79 Å². The molecule has 4 heteroatoms. The molecule has 0 aliphatic heterocycles. The van der Waals surface area contributed by atoms with Crippen LogP contribution in [0, 0.1) is 0 Å². The van der Waals surface area contributed by atoms with E-state index in [2.05, 4.69) is 4.98 Å². The van der Waals surface area contributed by atoms with Crippen LogP contribution >= 0.6 is 0 Å². The van der Waals surface area contributed by atoms with Crippen molar-refractivity contribution in [3.63, 3.8) is 0 Å². The minimum atomic E-state index is 0.678. The fourth-order valence-corrected chi connectivity index (χ4v) is 1.14. The molecule has 0 bridgehead atoms. The third-order valence-corrected chi connectivity index (χ3v) is 2.17. The summed E-state index contributed by atoms with van der Waals surface area (Å²) in [5.41, 5.74) is 0.678. The lowest BCUT2D eigenvalue weighted by molar-refractivity contribution is -0.104. The van der Waals surface area contributed by atoms with E-state index in [0.29, 0.717) is 5.57 Å². The lowest BCUT2D eigenvalue weighted by atomic mass is 10.3. The number of methoxy groups -OCH3 is 1. The number of hydrogen-bond acceptors (Lipinski definition) is 4. The van der Waals surface area contributed by atoms with Gasteiger partial charge in [-0.15, -0.1) is 0 Å². The first-order valence-corrected chi connectivity index (χ1v) is 6.20. The van der Waals surface area contributed by atoms with Gasteiger partial charge in [0.25, 0.3) is 0 Å². The highest BCUT2D eigenvalue weighted by Crippen LogP contribution is 2.14. The summed E-state index contributed by atoms with van der Waals surface area (Å²) in [7, 11) is 3.49. The molecule has 1 heterocycles. The molecule has 0 aliphatic carbocycles. The number of nitrogens with zero attached hydrogens (tertiary/aromatic N) is 2. The maximum Gasteiger partial charge on any atom is 0.145 e. The van der Waals surface area contributed by atoms with Crippen LogP contribution in [0.3, 0.4) is 0 Å². The number of carbonyl (C=O) groups is 1. The quantitative estimate of drug-likeness (QED) is 0.464. The minimum absolute atomic E-state index is 0.678. The van der Waals surface area contributed by atoms with Crippen molar-refractivity contribution < 1.29 is 9.53 Å². The topological polar surface area (TPSA) is 42.4 Å². The van der Waals surface area contributed by atoms with Gasteiger partial charge in [0.1, 0.15) is 17.9 Å². The summed E-state index contributed by atoms with van der Waals surface area (Å²) in [5, 5.41) is 0. The zero-order chi connectivity index (χ0) is 14.7. The Labute approximate surface area is 115 Å². The number of ether oxygens (including phenoxy) is 1. The first-order valence-electron chi connectivity index (χ1n) is 6.20. The molecule has 0 unspecified atom stereocenters. The average Bonchev–Trinajstić information content (AvgIpc) is 2.49. The Kier molecular flexibility index (Phi) is 8.79. The van der Waals surface area contributed by atoms with Crippen molar-refractivity contribution in [3.8, 4) is 5.75 Å². The Balaban J connectivity index is 0.00000154. The maximum atomic E-state index is 10.4. The lowest BCUT2D eigenvalue weighted by Gasteiger charge is -2.12. The summed E-state index contributed by atoms with van der Waals surface area (Å²) in [4.78, 5) is 16.5. The van der Waals surface area contributed by atoms with Gasteiger partial charge in [0.05, 0.1) is 13.3 Å². The van der Waals surface area contributed by atoms with Gasteiger partial charge in [-0.05, 0) is 30.7 Å². The molecule has 0 radical (unpaired) electrons. The smallest absolute Gasteiger partial charge is 0.145 e. The molecule has 0 saturated carbocycles. The van der Waals surface area contributed by atoms with E-state index < -0.39 is 0 Å². The molecule has 0 amide bonds. The van der Waals surface area contributed by atoms with Crippen LogP contribution in [0.25, 0.3) is 0 Å². The van der Waals surface area contributed by atoms with E-state index in [1.165, 1.54) is 0 Å². The zero-order valence-electron chi connectivity index (χ0n) is 12.3. The molecule has 0 saturated heterocycles. The Bertz CT molecular complexity index is 422. The Morgan fingerprint density at radius 2 is 2.05 bits per heavy atom. The molecule has 4 nitrogen and oxygen atoms in total. The lowest BCUT2D eigenvalue weighted by Crippen LogP contribution is -2.09. The summed E-state index contributed by atoms with van der Waals surface area (Å²) < 4.78 is 5.03. The zero-order valence-corrected chi connectivity index (χ0v) is 12.3. The highest BCUT2D eigenvalue weighted by atomic mass is 16.5. The van der Waals surface area contributed by atoms with Gasteiger partial charge in [0.15, 0.2) is 0 Å². The van der Waals surface area contributed by atoms with E-state index in [-0.39, 0.29) is 0 Å². The largest absolute Gasteiger partial charge is 0.495 e. The van der Waals surface area contributed by atoms with Gasteiger partial charge in [-0.2, -0.15) is 0 Å². The van der Waals surface area contributed by atoms with Gasteiger partial charge in [0, 0.05) is 13.2 Å². The molecular weight excluding hydrogens is 240 g/mol. The molecular formula is C15H22N2O2. The van der Waals surface area contributed by atoms with Crippen molar-refractivity contribution in [2.45, 2.75) is 20.8 Å². The molecule has 0 spiro atoms. The van der Waals surface area contributed by atoms with Crippen LogP contribution in [-0.4, -0.2) is 25.4 Å². The maximum absolute atomic E-state index is 10.4. The first-order chi connectivity index (χ1) is 9.17. The second kappa shape index (κ2) is 9.88. The fraction of sp³-hybridized carbons (Fsp3) is 0.333. The van der Waals surface area contributed by atoms with Gasteiger partial charge in [-0.3, -0.25) is 4.79 Å². The van der Waals surface area contributed by atoms with Gasteiger partial charge in [-0.25, -0.2) is 4.98 Å². The molecule has 19 heavy (non-hydrogen) atoms. The molecule has 1 aromatic heterocycles. The van der Waals surface area contributed by atoms with Crippen molar-refractivity contribution in [1.82, 2.24) is 4.98 Å². The monoisotopic (exact) mass is 262 g/mol. The van der Waals surface area contributed by atoms with Crippen LogP contribution in [0.5, 0.6) is 5.75 Å². The Morgan fingerprint density at radius 3 is 2.53 bits per heavy atom. The molecule has 0 atom stereocenters. The number of rotatable bonds is 5. The van der Waals surface area contributed by atoms with Gasteiger partial charge < -0.3 is 9.64 Å². The predicted octanol–water partition coefficient (Wildman–Crippen LogP) is 3.21. The number of aldehydes is 1. The summed E-state index contributed by atoms with van der Waals surface area (Å²) >= 11 is 0. The van der Waals surface area contributed by atoms with Crippen molar-refractivity contribution in [2.24, 2.45) is 0 Å². The number of aromatic nitrogens is 1. The van der Waals surface area contributed by atoms with Crippen LogP contribution < -0.4 is 9.64 Å². The van der Waals surface area contributed by atoms with E-state index in [1.807, 2.05) is 44.1 Å².